The summed E-state index contributed by atoms with van der Waals surface area (Å²) in [6, 6.07) is 13.4. The lowest BCUT2D eigenvalue weighted by Crippen LogP contribution is -2.47. The van der Waals surface area contributed by atoms with Crippen LogP contribution >= 0.6 is 11.6 Å². The fraction of sp³-hybridized carbons (Fsp3) is 0.320. The number of benzene rings is 2. The SMILES string of the molecule is CCOc1cc(-c2ccco2)c(Cl)cc1C(=O)NCC1CN(Cc2ccc(F)cc2)CCO1. The van der Waals surface area contributed by atoms with Gasteiger partial charge in [0, 0.05) is 31.7 Å². The summed E-state index contributed by atoms with van der Waals surface area (Å²) in [5, 5.41) is 3.34. The standard InChI is InChI=1S/C25H26ClFN2O4/c1-2-31-24-13-20(23-4-3-10-33-23)22(26)12-21(24)25(30)28-14-19-16-29(9-11-32-19)15-17-5-7-18(27)8-6-17/h3-8,10,12-13,19H,2,9,11,14-16H2,1H3,(H,28,30). The highest BCUT2D eigenvalue weighted by Crippen LogP contribution is 2.34. The van der Waals surface area contributed by atoms with E-state index in [0.29, 0.717) is 60.5 Å². The Morgan fingerprint density at radius 3 is 2.82 bits per heavy atom. The van der Waals surface area contributed by atoms with Gasteiger partial charge >= 0.3 is 0 Å². The van der Waals surface area contributed by atoms with Gasteiger partial charge in [-0.3, -0.25) is 9.69 Å². The van der Waals surface area contributed by atoms with E-state index in [-0.39, 0.29) is 17.8 Å². The number of furan rings is 1. The highest BCUT2D eigenvalue weighted by molar-refractivity contribution is 6.33. The zero-order chi connectivity index (χ0) is 23.2. The monoisotopic (exact) mass is 472 g/mol. The minimum atomic E-state index is -0.286. The van der Waals surface area contributed by atoms with Crippen LogP contribution in [0.2, 0.25) is 5.02 Å². The largest absolute Gasteiger partial charge is 0.493 e. The van der Waals surface area contributed by atoms with Gasteiger partial charge in [-0.05, 0) is 48.9 Å². The number of hydrogen-bond acceptors (Lipinski definition) is 5. The average Bonchev–Trinajstić information content (AvgIpc) is 3.35. The molecule has 1 N–H and O–H groups in total. The molecule has 1 aliphatic rings. The molecule has 0 radical (unpaired) electrons. The first-order valence-electron chi connectivity index (χ1n) is 10.9. The van der Waals surface area contributed by atoms with Crippen molar-refractivity contribution >= 4 is 17.5 Å². The van der Waals surface area contributed by atoms with Gasteiger partial charge in [-0.25, -0.2) is 4.39 Å². The predicted octanol–water partition coefficient (Wildman–Crippen LogP) is 4.77. The van der Waals surface area contributed by atoms with Crippen LogP contribution in [0.25, 0.3) is 11.3 Å². The van der Waals surface area contributed by atoms with E-state index in [1.165, 1.54) is 12.1 Å². The Bertz CT molecular complexity index is 1070. The summed E-state index contributed by atoms with van der Waals surface area (Å²) in [7, 11) is 0. The van der Waals surface area contributed by atoms with E-state index in [1.807, 2.05) is 6.92 Å². The van der Waals surface area contributed by atoms with Crippen LogP contribution in [0.5, 0.6) is 5.75 Å². The number of ether oxygens (including phenoxy) is 2. The molecule has 3 aromatic rings. The number of amides is 1. The average molecular weight is 473 g/mol. The zero-order valence-corrected chi connectivity index (χ0v) is 19.1. The number of morpholine rings is 1. The third-order valence-corrected chi connectivity index (χ3v) is 5.75. The lowest BCUT2D eigenvalue weighted by Gasteiger charge is -2.33. The van der Waals surface area contributed by atoms with Gasteiger partial charge in [0.15, 0.2) is 0 Å². The molecular weight excluding hydrogens is 447 g/mol. The first-order valence-corrected chi connectivity index (χ1v) is 11.3. The van der Waals surface area contributed by atoms with Gasteiger partial charge in [-0.2, -0.15) is 0 Å². The molecule has 174 valence electrons. The molecule has 1 atom stereocenters. The topological polar surface area (TPSA) is 63.9 Å². The molecule has 1 fully saturated rings. The van der Waals surface area contributed by atoms with E-state index in [9.17, 15) is 9.18 Å². The molecule has 1 aromatic heterocycles. The van der Waals surface area contributed by atoms with Gasteiger partial charge < -0.3 is 19.2 Å². The maximum Gasteiger partial charge on any atom is 0.255 e. The molecule has 0 bridgehead atoms. The van der Waals surface area contributed by atoms with Crippen molar-refractivity contribution in [1.82, 2.24) is 10.2 Å². The van der Waals surface area contributed by atoms with Crippen molar-refractivity contribution in [3.05, 3.63) is 76.8 Å². The Morgan fingerprint density at radius 2 is 2.09 bits per heavy atom. The van der Waals surface area contributed by atoms with Crippen LogP contribution in [0.4, 0.5) is 4.39 Å². The molecule has 1 unspecified atom stereocenters. The lowest BCUT2D eigenvalue weighted by molar-refractivity contribution is -0.0292. The second kappa shape index (κ2) is 10.8. The Balaban J connectivity index is 1.39. The molecule has 8 heteroatoms. The lowest BCUT2D eigenvalue weighted by atomic mass is 10.1. The number of carbonyl (C=O) groups is 1. The van der Waals surface area contributed by atoms with E-state index >= 15 is 0 Å². The molecule has 4 rings (SSSR count). The maximum absolute atomic E-state index is 13.1. The van der Waals surface area contributed by atoms with Crippen molar-refractivity contribution in [2.24, 2.45) is 0 Å². The van der Waals surface area contributed by atoms with E-state index < -0.39 is 0 Å². The fourth-order valence-corrected chi connectivity index (χ4v) is 4.08. The number of nitrogens with one attached hydrogen (secondary N) is 1. The summed E-state index contributed by atoms with van der Waals surface area (Å²) >= 11 is 6.44. The van der Waals surface area contributed by atoms with Crippen molar-refractivity contribution in [3.8, 4) is 17.1 Å². The third kappa shape index (κ3) is 5.93. The summed E-state index contributed by atoms with van der Waals surface area (Å²) < 4.78 is 30.1. The van der Waals surface area contributed by atoms with Gasteiger partial charge in [0.2, 0.25) is 0 Å². The second-order valence-corrected chi connectivity index (χ2v) is 8.21. The van der Waals surface area contributed by atoms with E-state index in [4.69, 9.17) is 25.5 Å². The number of rotatable bonds is 8. The second-order valence-electron chi connectivity index (χ2n) is 7.80. The molecule has 1 aliphatic heterocycles. The quantitative estimate of drug-likeness (QED) is 0.511. The van der Waals surface area contributed by atoms with Crippen LogP contribution in [0.3, 0.4) is 0 Å². The highest BCUT2D eigenvalue weighted by atomic mass is 35.5. The maximum atomic E-state index is 13.1. The molecule has 0 aliphatic carbocycles. The first-order chi connectivity index (χ1) is 16.0. The molecule has 2 heterocycles. The van der Waals surface area contributed by atoms with Gasteiger partial charge in [-0.1, -0.05) is 23.7 Å². The fourth-order valence-electron chi connectivity index (χ4n) is 3.82. The van der Waals surface area contributed by atoms with E-state index in [0.717, 1.165) is 12.1 Å². The van der Waals surface area contributed by atoms with Crippen molar-refractivity contribution in [2.45, 2.75) is 19.6 Å². The van der Waals surface area contributed by atoms with Crippen molar-refractivity contribution in [1.29, 1.82) is 0 Å². The van der Waals surface area contributed by atoms with Gasteiger partial charge in [0.05, 0.1) is 36.2 Å². The van der Waals surface area contributed by atoms with Crippen LogP contribution in [0.15, 0.2) is 59.2 Å². The summed E-state index contributed by atoms with van der Waals surface area (Å²) in [4.78, 5) is 15.2. The Morgan fingerprint density at radius 1 is 1.27 bits per heavy atom. The summed E-state index contributed by atoms with van der Waals surface area (Å²) in [6.45, 7) is 5.32. The first kappa shape index (κ1) is 23.3. The molecule has 0 spiro atoms. The van der Waals surface area contributed by atoms with Crippen molar-refractivity contribution in [2.75, 3.05) is 32.8 Å². The van der Waals surface area contributed by atoms with E-state index in [1.54, 1.807) is 42.7 Å². The van der Waals surface area contributed by atoms with Gasteiger partial charge in [0.25, 0.3) is 5.91 Å². The number of nitrogens with zero attached hydrogens (tertiary/aromatic N) is 1. The number of carbonyl (C=O) groups excluding carboxylic acids is 1. The molecule has 2 aromatic carbocycles. The highest BCUT2D eigenvalue weighted by Gasteiger charge is 2.23. The molecule has 33 heavy (non-hydrogen) atoms. The van der Waals surface area contributed by atoms with Crippen molar-refractivity contribution in [3.63, 3.8) is 0 Å². The Hall–Kier alpha value is -2.87. The van der Waals surface area contributed by atoms with Crippen LogP contribution in [0.1, 0.15) is 22.8 Å². The zero-order valence-electron chi connectivity index (χ0n) is 18.4. The minimum Gasteiger partial charge on any atom is -0.493 e. The number of hydrogen-bond donors (Lipinski definition) is 1. The van der Waals surface area contributed by atoms with Crippen LogP contribution < -0.4 is 10.1 Å². The molecule has 1 amide bonds. The summed E-state index contributed by atoms with van der Waals surface area (Å²) in [5.41, 5.74) is 2.05. The number of halogens is 2. The van der Waals surface area contributed by atoms with Crippen LogP contribution in [0, 0.1) is 5.82 Å². The smallest absolute Gasteiger partial charge is 0.255 e. The summed E-state index contributed by atoms with van der Waals surface area (Å²) in [6.07, 6.45) is 1.41. The normalized spacial score (nSPS) is 16.5. The van der Waals surface area contributed by atoms with Crippen LogP contribution in [-0.2, 0) is 11.3 Å². The third-order valence-electron chi connectivity index (χ3n) is 5.43. The summed E-state index contributed by atoms with van der Waals surface area (Å²) in [5.74, 6) is 0.508. The van der Waals surface area contributed by atoms with Crippen LogP contribution in [-0.4, -0.2) is 49.8 Å². The van der Waals surface area contributed by atoms with E-state index in [2.05, 4.69) is 10.2 Å². The van der Waals surface area contributed by atoms with Crippen molar-refractivity contribution < 1.29 is 23.1 Å². The Labute approximate surface area is 197 Å². The Kier molecular flexibility index (Phi) is 7.65. The van der Waals surface area contributed by atoms with Gasteiger partial charge in [-0.15, -0.1) is 0 Å². The minimum absolute atomic E-state index is 0.156. The molecule has 0 saturated carbocycles. The molecular formula is C25H26ClFN2O4. The predicted molar refractivity (Wildman–Crippen MR) is 124 cm³/mol. The molecule has 1 saturated heterocycles. The molecule has 6 nitrogen and oxygen atoms in total. The van der Waals surface area contributed by atoms with Gasteiger partial charge in [0.1, 0.15) is 17.3 Å².